The Hall–Kier alpha value is -1.85. The molecule has 21 heavy (non-hydrogen) atoms. The molecule has 0 atom stereocenters. The molecule has 5 nitrogen and oxygen atoms in total. The maximum Gasteiger partial charge on any atom is 0.271 e. The van der Waals surface area contributed by atoms with Gasteiger partial charge in [0.1, 0.15) is 11.5 Å². The van der Waals surface area contributed by atoms with Crippen LogP contribution in [0.25, 0.3) is 0 Å². The summed E-state index contributed by atoms with van der Waals surface area (Å²) in [6, 6.07) is 5.09. The van der Waals surface area contributed by atoms with Crippen molar-refractivity contribution in [3.8, 4) is 0 Å². The van der Waals surface area contributed by atoms with Gasteiger partial charge in [-0.2, -0.15) is 0 Å². The van der Waals surface area contributed by atoms with Gasteiger partial charge in [-0.25, -0.2) is 9.97 Å². The quantitative estimate of drug-likeness (QED) is 0.880. The molecule has 0 saturated heterocycles. The number of nitrogens with one attached hydrogen (secondary N) is 2. The zero-order chi connectivity index (χ0) is 15.2. The number of rotatable bonds is 5. The van der Waals surface area contributed by atoms with Crippen molar-refractivity contribution in [3.63, 3.8) is 0 Å². The number of hydrogen-bond acceptors (Lipinski definition) is 4. The first-order valence-corrected chi connectivity index (χ1v) is 7.18. The van der Waals surface area contributed by atoms with Crippen molar-refractivity contribution < 1.29 is 4.79 Å². The monoisotopic (exact) mass is 324 g/mol. The first-order chi connectivity index (χ1) is 10.1. The summed E-state index contributed by atoms with van der Waals surface area (Å²) in [4.78, 5) is 19.9. The van der Waals surface area contributed by atoms with Crippen molar-refractivity contribution in [2.75, 3.05) is 11.9 Å². The van der Waals surface area contributed by atoms with Gasteiger partial charge >= 0.3 is 0 Å². The van der Waals surface area contributed by atoms with Crippen LogP contribution in [0.15, 0.2) is 30.6 Å². The SMILES string of the molecule is CCCNC(=O)c1cnc(Nc2ccc(Cl)cc2Cl)cn1. The Kier molecular flexibility index (Phi) is 5.36. The molecule has 0 aliphatic carbocycles. The molecule has 1 aromatic carbocycles. The number of amides is 1. The van der Waals surface area contributed by atoms with E-state index in [0.717, 1.165) is 6.42 Å². The third kappa shape index (κ3) is 4.31. The van der Waals surface area contributed by atoms with E-state index in [4.69, 9.17) is 23.2 Å². The topological polar surface area (TPSA) is 66.9 Å². The minimum absolute atomic E-state index is 0.236. The Bertz CT molecular complexity index is 631. The Morgan fingerprint density at radius 3 is 2.67 bits per heavy atom. The summed E-state index contributed by atoms with van der Waals surface area (Å²) >= 11 is 11.9. The van der Waals surface area contributed by atoms with Crippen LogP contribution in [0.3, 0.4) is 0 Å². The van der Waals surface area contributed by atoms with Gasteiger partial charge in [0.2, 0.25) is 0 Å². The van der Waals surface area contributed by atoms with E-state index in [1.54, 1.807) is 18.2 Å². The van der Waals surface area contributed by atoms with Crippen LogP contribution in [0, 0.1) is 0 Å². The molecule has 2 rings (SSSR count). The van der Waals surface area contributed by atoms with E-state index in [1.165, 1.54) is 12.4 Å². The molecule has 1 aromatic heterocycles. The van der Waals surface area contributed by atoms with Gasteiger partial charge in [0, 0.05) is 11.6 Å². The summed E-state index contributed by atoms with van der Waals surface area (Å²) in [5.41, 5.74) is 0.940. The van der Waals surface area contributed by atoms with Gasteiger partial charge < -0.3 is 10.6 Å². The third-order valence-electron chi connectivity index (χ3n) is 2.61. The van der Waals surface area contributed by atoms with E-state index in [0.29, 0.717) is 28.1 Å². The molecule has 0 aliphatic heterocycles. The fraction of sp³-hybridized carbons (Fsp3) is 0.214. The lowest BCUT2D eigenvalue weighted by Crippen LogP contribution is -2.25. The Morgan fingerprint density at radius 2 is 2.05 bits per heavy atom. The van der Waals surface area contributed by atoms with Crippen molar-refractivity contribution in [2.24, 2.45) is 0 Å². The number of halogens is 2. The molecule has 2 aromatic rings. The summed E-state index contributed by atoms with van der Waals surface area (Å²) < 4.78 is 0. The molecule has 7 heteroatoms. The number of hydrogen-bond donors (Lipinski definition) is 2. The molecule has 1 amide bonds. The van der Waals surface area contributed by atoms with Crippen LogP contribution in [0.5, 0.6) is 0 Å². The molecule has 0 unspecified atom stereocenters. The zero-order valence-corrected chi connectivity index (χ0v) is 12.9. The van der Waals surface area contributed by atoms with E-state index < -0.39 is 0 Å². The van der Waals surface area contributed by atoms with Crippen LogP contribution in [-0.4, -0.2) is 22.4 Å². The van der Waals surface area contributed by atoms with E-state index in [2.05, 4.69) is 20.6 Å². The van der Waals surface area contributed by atoms with Gasteiger partial charge in [0.25, 0.3) is 5.91 Å². The lowest BCUT2D eigenvalue weighted by atomic mass is 10.3. The summed E-state index contributed by atoms with van der Waals surface area (Å²) in [5, 5.41) is 6.78. The van der Waals surface area contributed by atoms with E-state index in [-0.39, 0.29) is 11.6 Å². The molecule has 1 heterocycles. The highest BCUT2D eigenvalue weighted by molar-refractivity contribution is 6.36. The molecule has 0 fully saturated rings. The number of aromatic nitrogens is 2. The number of benzene rings is 1. The maximum absolute atomic E-state index is 11.7. The average Bonchev–Trinajstić information content (AvgIpc) is 2.48. The second-order valence-corrected chi connectivity index (χ2v) is 5.14. The van der Waals surface area contributed by atoms with Crippen LogP contribution in [0.4, 0.5) is 11.5 Å². The van der Waals surface area contributed by atoms with Crippen LogP contribution in [-0.2, 0) is 0 Å². The first kappa shape index (κ1) is 15.5. The zero-order valence-electron chi connectivity index (χ0n) is 11.4. The second kappa shape index (κ2) is 7.24. The largest absolute Gasteiger partial charge is 0.351 e. The summed E-state index contributed by atoms with van der Waals surface area (Å²) in [6.07, 6.45) is 3.76. The molecule has 0 saturated carbocycles. The molecule has 0 bridgehead atoms. The van der Waals surface area contributed by atoms with Gasteiger partial charge in [0.05, 0.1) is 23.1 Å². The molecule has 0 aliphatic rings. The number of carbonyl (C=O) groups is 1. The second-order valence-electron chi connectivity index (χ2n) is 4.29. The predicted molar refractivity (Wildman–Crippen MR) is 84.4 cm³/mol. The molecular formula is C14H14Cl2N4O. The normalized spacial score (nSPS) is 10.2. The minimum atomic E-state index is -0.236. The highest BCUT2D eigenvalue weighted by atomic mass is 35.5. The summed E-state index contributed by atoms with van der Waals surface area (Å²) in [7, 11) is 0. The van der Waals surface area contributed by atoms with Crippen LogP contribution < -0.4 is 10.6 Å². The third-order valence-corrected chi connectivity index (χ3v) is 3.16. The van der Waals surface area contributed by atoms with Gasteiger partial charge in [-0.05, 0) is 24.6 Å². The molecule has 0 radical (unpaired) electrons. The van der Waals surface area contributed by atoms with Crippen molar-refractivity contribution in [2.45, 2.75) is 13.3 Å². The fourth-order valence-electron chi connectivity index (χ4n) is 1.57. The lowest BCUT2D eigenvalue weighted by molar-refractivity contribution is 0.0948. The Labute approximate surface area is 132 Å². The minimum Gasteiger partial charge on any atom is -0.351 e. The van der Waals surface area contributed by atoms with Gasteiger partial charge in [-0.3, -0.25) is 4.79 Å². The highest BCUT2D eigenvalue weighted by Gasteiger charge is 2.08. The summed E-state index contributed by atoms with van der Waals surface area (Å²) in [6.45, 7) is 2.59. The van der Waals surface area contributed by atoms with Crippen molar-refractivity contribution >= 4 is 40.6 Å². The smallest absolute Gasteiger partial charge is 0.271 e. The summed E-state index contributed by atoms with van der Waals surface area (Å²) in [5.74, 6) is 0.256. The molecule has 0 spiro atoms. The number of carbonyl (C=O) groups excluding carboxylic acids is 1. The van der Waals surface area contributed by atoms with Gasteiger partial charge in [0.15, 0.2) is 0 Å². The maximum atomic E-state index is 11.7. The standard InChI is InChI=1S/C14H14Cl2N4O/c1-2-5-17-14(21)12-7-19-13(8-18-12)20-11-4-3-9(15)6-10(11)16/h3-4,6-8H,2,5H2,1H3,(H,17,21)(H,19,20). The first-order valence-electron chi connectivity index (χ1n) is 6.42. The lowest BCUT2D eigenvalue weighted by Gasteiger charge is -2.08. The molecular weight excluding hydrogens is 311 g/mol. The van der Waals surface area contributed by atoms with Crippen molar-refractivity contribution in [3.05, 3.63) is 46.3 Å². The number of nitrogens with zero attached hydrogens (tertiary/aromatic N) is 2. The van der Waals surface area contributed by atoms with Crippen LogP contribution in [0.2, 0.25) is 10.0 Å². The molecule has 110 valence electrons. The van der Waals surface area contributed by atoms with E-state index in [1.807, 2.05) is 6.92 Å². The van der Waals surface area contributed by atoms with Gasteiger partial charge in [-0.15, -0.1) is 0 Å². The number of anilines is 2. The predicted octanol–water partition coefficient (Wildman–Crippen LogP) is 3.67. The average molecular weight is 325 g/mol. The van der Waals surface area contributed by atoms with Gasteiger partial charge in [-0.1, -0.05) is 30.1 Å². The fourth-order valence-corrected chi connectivity index (χ4v) is 2.02. The van der Waals surface area contributed by atoms with Crippen molar-refractivity contribution in [1.82, 2.24) is 15.3 Å². The Balaban J connectivity index is 2.07. The van der Waals surface area contributed by atoms with Crippen LogP contribution in [0.1, 0.15) is 23.8 Å². The highest BCUT2D eigenvalue weighted by Crippen LogP contribution is 2.27. The van der Waals surface area contributed by atoms with Crippen molar-refractivity contribution in [1.29, 1.82) is 0 Å². The molecule has 2 N–H and O–H groups in total. The van der Waals surface area contributed by atoms with E-state index in [9.17, 15) is 4.79 Å². The van der Waals surface area contributed by atoms with Crippen LogP contribution >= 0.6 is 23.2 Å². The van der Waals surface area contributed by atoms with E-state index >= 15 is 0 Å². The Morgan fingerprint density at radius 1 is 1.24 bits per heavy atom.